The van der Waals surface area contributed by atoms with Crippen molar-refractivity contribution in [2.45, 2.75) is 45.1 Å². The smallest absolute Gasteiger partial charge is 0.338 e. The van der Waals surface area contributed by atoms with Gasteiger partial charge in [0.1, 0.15) is 6.10 Å². The number of piperazine rings is 1. The molecule has 3 rings (SSSR count). The molecule has 0 N–H and O–H groups in total. The molecule has 0 aliphatic carbocycles. The molecule has 1 fully saturated rings. The Balaban J connectivity index is 1.43. The van der Waals surface area contributed by atoms with Gasteiger partial charge in [0.2, 0.25) is 0 Å². The fraction of sp³-hybridized carbons (Fsp3) is 0.444. The van der Waals surface area contributed by atoms with E-state index in [1.807, 2.05) is 30.3 Å². The second-order valence-corrected chi connectivity index (χ2v) is 8.22. The molecule has 0 saturated carbocycles. The highest BCUT2D eigenvalue weighted by Crippen LogP contribution is 2.16. The molecule has 0 amide bonds. The minimum Gasteiger partial charge on any atom is -0.458 e. The van der Waals surface area contributed by atoms with Gasteiger partial charge in [-0.2, -0.15) is 0 Å². The molecule has 0 bridgehead atoms. The minimum atomic E-state index is -0.215. The number of unbranched alkanes of at least 4 members (excludes halogenated alkanes) is 2. The highest BCUT2D eigenvalue weighted by Gasteiger charge is 2.17. The summed E-state index contributed by atoms with van der Waals surface area (Å²) in [6, 6.07) is 19.9. The lowest BCUT2D eigenvalue weighted by Crippen LogP contribution is -2.46. The Hall–Kier alpha value is -2.59. The molecule has 1 unspecified atom stereocenters. The van der Waals surface area contributed by atoms with E-state index in [1.54, 1.807) is 0 Å². The van der Waals surface area contributed by atoms with Gasteiger partial charge in [-0.25, -0.2) is 4.79 Å². The Morgan fingerprint density at radius 3 is 2.29 bits per heavy atom. The molecule has 1 saturated heterocycles. The second-order valence-electron chi connectivity index (χ2n) is 8.22. The Morgan fingerprint density at radius 2 is 1.61 bits per heavy atom. The fourth-order valence-corrected chi connectivity index (χ4v) is 3.94. The standard InChI is InChI=1S/C27H36N2O2/c1-2-3-6-17-26(31-27(30)24-13-7-4-8-14-24)18-11-12-19-28-20-22-29(23-21-28)25-15-9-5-10-16-25/h4-5,7-16,26H,2-3,6,17-23H2,1H3/b12-11+. The first-order valence-electron chi connectivity index (χ1n) is 11.7. The summed E-state index contributed by atoms with van der Waals surface area (Å²) in [5, 5.41) is 0. The topological polar surface area (TPSA) is 32.8 Å². The van der Waals surface area contributed by atoms with Gasteiger partial charge >= 0.3 is 5.97 Å². The quantitative estimate of drug-likeness (QED) is 0.271. The Morgan fingerprint density at radius 1 is 0.935 bits per heavy atom. The van der Waals surface area contributed by atoms with Gasteiger partial charge in [0.15, 0.2) is 0 Å². The van der Waals surface area contributed by atoms with Gasteiger partial charge in [0.05, 0.1) is 5.56 Å². The van der Waals surface area contributed by atoms with E-state index in [1.165, 1.54) is 18.5 Å². The largest absolute Gasteiger partial charge is 0.458 e. The molecule has 166 valence electrons. The lowest BCUT2D eigenvalue weighted by molar-refractivity contribution is 0.0283. The van der Waals surface area contributed by atoms with Gasteiger partial charge in [-0.1, -0.05) is 68.3 Å². The summed E-state index contributed by atoms with van der Waals surface area (Å²) in [5.74, 6) is -0.215. The molecule has 2 aromatic rings. The number of anilines is 1. The number of benzene rings is 2. The van der Waals surface area contributed by atoms with Crippen LogP contribution >= 0.6 is 0 Å². The fourth-order valence-electron chi connectivity index (χ4n) is 3.94. The number of para-hydroxylation sites is 1. The molecule has 0 aromatic heterocycles. The molecule has 4 nitrogen and oxygen atoms in total. The van der Waals surface area contributed by atoms with E-state index in [9.17, 15) is 4.79 Å². The van der Waals surface area contributed by atoms with Crippen molar-refractivity contribution in [1.29, 1.82) is 0 Å². The third kappa shape index (κ3) is 7.87. The van der Waals surface area contributed by atoms with Crippen LogP contribution in [0.15, 0.2) is 72.8 Å². The summed E-state index contributed by atoms with van der Waals surface area (Å²) in [7, 11) is 0. The third-order valence-electron chi connectivity index (χ3n) is 5.84. The Bertz CT molecular complexity index is 783. The van der Waals surface area contributed by atoms with Crippen LogP contribution in [-0.2, 0) is 4.74 Å². The predicted octanol–water partition coefficient (Wildman–Crippen LogP) is 5.56. The molecule has 1 aliphatic rings. The summed E-state index contributed by atoms with van der Waals surface area (Å²) >= 11 is 0. The highest BCUT2D eigenvalue weighted by atomic mass is 16.5. The van der Waals surface area contributed by atoms with Crippen LogP contribution in [0, 0.1) is 0 Å². The number of carbonyl (C=O) groups excluding carboxylic acids is 1. The van der Waals surface area contributed by atoms with Crippen LogP contribution in [0.3, 0.4) is 0 Å². The molecule has 31 heavy (non-hydrogen) atoms. The van der Waals surface area contributed by atoms with Crippen molar-refractivity contribution in [1.82, 2.24) is 4.90 Å². The molecule has 1 atom stereocenters. The number of hydrogen-bond donors (Lipinski definition) is 0. The van der Waals surface area contributed by atoms with Gasteiger partial charge in [0.25, 0.3) is 0 Å². The van der Waals surface area contributed by atoms with Crippen LogP contribution in [0.25, 0.3) is 0 Å². The first kappa shape index (κ1) is 23.1. The Kier molecular flexibility index (Phi) is 9.65. The second kappa shape index (κ2) is 13.0. The van der Waals surface area contributed by atoms with Crippen molar-refractivity contribution in [3.8, 4) is 0 Å². The van der Waals surface area contributed by atoms with Gasteiger partial charge in [-0.15, -0.1) is 0 Å². The lowest BCUT2D eigenvalue weighted by atomic mass is 10.1. The van der Waals surface area contributed by atoms with E-state index >= 15 is 0 Å². The average Bonchev–Trinajstić information content (AvgIpc) is 2.83. The van der Waals surface area contributed by atoms with Gasteiger partial charge in [-0.05, 0) is 37.1 Å². The van der Waals surface area contributed by atoms with Gasteiger partial charge < -0.3 is 9.64 Å². The van der Waals surface area contributed by atoms with Gasteiger partial charge in [-0.3, -0.25) is 4.90 Å². The van der Waals surface area contributed by atoms with Crippen molar-refractivity contribution in [3.63, 3.8) is 0 Å². The van der Waals surface area contributed by atoms with Crippen LogP contribution in [0.4, 0.5) is 5.69 Å². The van der Waals surface area contributed by atoms with Crippen LogP contribution in [0.1, 0.15) is 49.4 Å². The molecule has 0 radical (unpaired) electrons. The van der Waals surface area contributed by atoms with E-state index in [0.717, 1.165) is 52.0 Å². The maximum absolute atomic E-state index is 12.5. The zero-order valence-electron chi connectivity index (χ0n) is 18.8. The summed E-state index contributed by atoms with van der Waals surface area (Å²) in [6.45, 7) is 7.42. The van der Waals surface area contributed by atoms with Crippen LogP contribution < -0.4 is 4.90 Å². The molecule has 4 heteroatoms. The third-order valence-corrected chi connectivity index (χ3v) is 5.84. The van der Waals surface area contributed by atoms with E-state index < -0.39 is 0 Å². The normalized spacial score (nSPS) is 15.8. The van der Waals surface area contributed by atoms with E-state index in [4.69, 9.17) is 4.74 Å². The SMILES string of the molecule is CCCCCC(C/C=C/CN1CCN(c2ccccc2)CC1)OC(=O)c1ccccc1. The molecular formula is C27H36N2O2. The molecular weight excluding hydrogens is 384 g/mol. The number of carbonyl (C=O) groups is 1. The number of nitrogens with zero attached hydrogens (tertiary/aromatic N) is 2. The van der Waals surface area contributed by atoms with Crippen molar-refractivity contribution in [3.05, 3.63) is 78.4 Å². The van der Waals surface area contributed by atoms with Crippen LogP contribution in [0.5, 0.6) is 0 Å². The summed E-state index contributed by atoms with van der Waals surface area (Å²) in [5.41, 5.74) is 1.94. The molecule has 0 spiro atoms. The van der Waals surface area contributed by atoms with Crippen LogP contribution in [0.2, 0.25) is 0 Å². The van der Waals surface area contributed by atoms with E-state index in [2.05, 4.69) is 59.2 Å². The van der Waals surface area contributed by atoms with E-state index in [-0.39, 0.29) is 12.1 Å². The number of esters is 1. The number of hydrogen-bond acceptors (Lipinski definition) is 4. The maximum atomic E-state index is 12.5. The first-order chi connectivity index (χ1) is 15.3. The zero-order valence-corrected chi connectivity index (χ0v) is 18.8. The number of ether oxygens (including phenoxy) is 1. The van der Waals surface area contributed by atoms with Crippen molar-refractivity contribution >= 4 is 11.7 Å². The van der Waals surface area contributed by atoms with Crippen molar-refractivity contribution < 1.29 is 9.53 Å². The summed E-state index contributed by atoms with van der Waals surface area (Å²) < 4.78 is 5.83. The Labute approximate surface area is 187 Å². The number of rotatable bonds is 11. The molecule has 1 heterocycles. The molecule has 1 aliphatic heterocycles. The van der Waals surface area contributed by atoms with E-state index in [0.29, 0.717) is 5.56 Å². The summed E-state index contributed by atoms with van der Waals surface area (Å²) in [4.78, 5) is 17.4. The average molecular weight is 421 g/mol. The zero-order chi connectivity index (χ0) is 21.7. The summed E-state index contributed by atoms with van der Waals surface area (Å²) in [6.07, 6.45) is 9.53. The van der Waals surface area contributed by atoms with Crippen molar-refractivity contribution in [2.75, 3.05) is 37.6 Å². The maximum Gasteiger partial charge on any atom is 0.338 e. The monoisotopic (exact) mass is 420 g/mol. The first-order valence-corrected chi connectivity index (χ1v) is 11.7. The minimum absolute atomic E-state index is 0.0505. The molecule has 2 aromatic carbocycles. The van der Waals surface area contributed by atoms with Crippen LogP contribution in [-0.4, -0.2) is 49.7 Å². The van der Waals surface area contributed by atoms with Gasteiger partial charge in [0, 0.05) is 44.8 Å². The predicted molar refractivity (Wildman–Crippen MR) is 129 cm³/mol. The lowest BCUT2D eigenvalue weighted by Gasteiger charge is -2.35. The van der Waals surface area contributed by atoms with Crippen molar-refractivity contribution in [2.24, 2.45) is 0 Å². The highest BCUT2D eigenvalue weighted by molar-refractivity contribution is 5.89.